The van der Waals surface area contributed by atoms with E-state index in [2.05, 4.69) is 27.7 Å². The summed E-state index contributed by atoms with van der Waals surface area (Å²) < 4.78 is 0. The average molecular weight is 519 g/mol. The van der Waals surface area contributed by atoms with Gasteiger partial charge in [-0.05, 0) is 87.9 Å². The van der Waals surface area contributed by atoms with Gasteiger partial charge in [-0.15, -0.1) is 0 Å². The largest absolute Gasteiger partial charge is 0.396 e. The molecule has 0 aromatic heterocycles. The minimum absolute atomic E-state index is 0.0225. The van der Waals surface area contributed by atoms with Crippen LogP contribution in [0, 0.1) is 46.3 Å². The van der Waals surface area contributed by atoms with Gasteiger partial charge in [-0.25, -0.2) is 0 Å². The van der Waals surface area contributed by atoms with E-state index in [-0.39, 0.29) is 71.1 Å². The van der Waals surface area contributed by atoms with Gasteiger partial charge in [-0.2, -0.15) is 0 Å². The molecule has 3 fully saturated rings. The summed E-state index contributed by atoms with van der Waals surface area (Å²) in [6.45, 7) is 8.62. The topological polar surface area (TPSA) is 91.7 Å². The lowest BCUT2D eigenvalue weighted by Gasteiger charge is -2.48. The van der Waals surface area contributed by atoms with Crippen LogP contribution in [-0.2, 0) is 14.4 Å². The molecule has 5 heteroatoms. The third-order valence-corrected chi connectivity index (χ3v) is 11.5. The number of ketones is 3. The van der Waals surface area contributed by atoms with Gasteiger partial charge >= 0.3 is 0 Å². The van der Waals surface area contributed by atoms with Crippen LogP contribution in [-0.4, -0.2) is 40.8 Å². The lowest BCUT2D eigenvalue weighted by molar-refractivity contribution is -0.143. The SMILES string of the molecule is CCC(CC)(CC1CCCC(CO)C1=O)C1CCCC(CC(CC)(CC)C2CCCC(CO)C2=O)C1=O. The highest BCUT2D eigenvalue weighted by Crippen LogP contribution is 2.53. The Kier molecular flexibility index (Phi) is 11.0. The first-order valence-electron chi connectivity index (χ1n) is 15.6. The first-order chi connectivity index (χ1) is 17.8. The van der Waals surface area contributed by atoms with Crippen LogP contribution >= 0.6 is 0 Å². The van der Waals surface area contributed by atoms with Crippen molar-refractivity contribution < 1.29 is 24.6 Å². The summed E-state index contributed by atoms with van der Waals surface area (Å²) in [5.74, 6) is 0.199. The van der Waals surface area contributed by atoms with Crippen LogP contribution in [0.15, 0.2) is 0 Å². The summed E-state index contributed by atoms with van der Waals surface area (Å²) in [5, 5.41) is 19.5. The third-order valence-electron chi connectivity index (χ3n) is 11.5. The minimum atomic E-state index is -0.241. The van der Waals surface area contributed by atoms with Gasteiger partial charge in [-0.3, -0.25) is 14.4 Å². The number of aliphatic hydroxyl groups excluding tert-OH is 2. The van der Waals surface area contributed by atoms with E-state index in [1.54, 1.807) is 0 Å². The van der Waals surface area contributed by atoms with Crippen LogP contribution in [0.2, 0.25) is 0 Å². The molecule has 3 rings (SSSR count). The summed E-state index contributed by atoms with van der Waals surface area (Å²) in [5.41, 5.74) is -0.348. The van der Waals surface area contributed by atoms with Gasteiger partial charge in [0.2, 0.25) is 0 Å². The number of hydrogen-bond acceptors (Lipinski definition) is 5. The lowest BCUT2D eigenvalue weighted by atomic mass is 9.55. The second-order valence-corrected chi connectivity index (χ2v) is 12.8. The van der Waals surface area contributed by atoms with E-state index in [4.69, 9.17) is 0 Å². The maximum Gasteiger partial charge on any atom is 0.141 e. The van der Waals surface area contributed by atoms with E-state index in [1.165, 1.54) is 0 Å². The van der Waals surface area contributed by atoms with Crippen molar-refractivity contribution in [3.05, 3.63) is 0 Å². The molecule has 0 aromatic carbocycles. The van der Waals surface area contributed by atoms with Gasteiger partial charge in [-0.1, -0.05) is 47.0 Å². The van der Waals surface area contributed by atoms with Crippen LogP contribution in [0.3, 0.4) is 0 Å². The first kappa shape index (κ1) is 30.5. The van der Waals surface area contributed by atoms with Crippen LogP contribution in [0.5, 0.6) is 0 Å². The summed E-state index contributed by atoms with van der Waals surface area (Å²) in [4.78, 5) is 40.8. The number of hydrogen-bond donors (Lipinski definition) is 2. The van der Waals surface area contributed by atoms with Crippen molar-refractivity contribution in [2.24, 2.45) is 46.3 Å². The molecular formula is C32H54O5. The van der Waals surface area contributed by atoms with Gasteiger partial charge in [0.25, 0.3) is 0 Å². The fourth-order valence-electron chi connectivity index (χ4n) is 8.82. The molecule has 0 aliphatic heterocycles. The van der Waals surface area contributed by atoms with Crippen LogP contribution in [0.4, 0.5) is 0 Å². The number of Topliss-reactive ketones (excluding diaryl/α,β-unsaturated/α-hetero) is 3. The Bertz CT molecular complexity index is 780. The van der Waals surface area contributed by atoms with Crippen molar-refractivity contribution in [2.45, 2.75) is 124 Å². The van der Waals surface area contributed by atoms with E-state index in [0.717, 1.165) is 96.3 Å². The highest BCUT2D eigenvalue weighted by atomic mass is 16.3. The molecule has 0 bridgehead atoms. The van der Waals surface area contributed by atoms with Crippen molar-refractivity contribution in [1.29, 1.82) is 0 Å². The zero-order chi connectivity index (χ0) is 27.2. The van der Waals surface area contributed by atoms with E-state index in [0.29, 0.717) is 5.78 Å². The molecule has 6 unspecified atom stereocenters. The third kappa shape index (κ3) is 6.08. The standard InChI is InChI=1S/C32H54O5/c1-5-31(6-2,18-22-12-9-14-24(20-33)28(22)35)26-16-10-13-23(29(26)36)19-32(7-3,8-4)27-17-11-15-25(21-34)30(27)37/h22-27,33-34H,5-21H2,1-4H3. The predicted molar refractivity (Wildman–Crippen MR) is 147 cm³/mol. The Morgan fingerprint density at radius 1 is 0.541 bits per heavy atom. The Morgan fingerprint density at radius 3 is 1.27 bits per heavy atom. The van der Waals surface area contributed by atoms with E-state index in [9.17, 15) is 24.6 Å². The Morgan fingerprint density at radius 2 is 0.865 bits per heavy atom. The van der Waals surface area contributed by atoms with Gasteiger partial charge in [0.15, 0.2) is 0 Å². The van der Waals surface area contributed by atoms with Gasteiger partial charge < -0.3 is 10.2 Å². The Hall–Kier alpha value is -1.07. The van der Waals surface area contributed by atoms with Gasteiger partial charge in [0, 0.05) is 35.5 Å². The normalized spacial score (nSPS) is 32.1. The smallest absolute Gasteiger partial charge is 0.141 e. The van der Waals surface area contributed by atoms with Crippen molar-refractivity contribution in [3.63, 3.8) is 0 Å². The van der Waals surface area contributed by atoms with Crippen LogP contribution in [0.1, 0.15) is 124 Å². The molecule has 0 amide bonds. The fourth-order valence-corrected chi connectivity index (χ4v) is 8.82. The summed E-state index contributed by atoms with van der Waals surface area (Å²) in [6, 6.07) is 0. The summed E-state index contributed by atoms with van der Waals surface area (Å²) >= 11 is 0. The van der Waals surface area contributed by atoms with E-state index >= 15 is 0 Å². The molecule has 6 atom stereocenters. The van der Waals surface area contributed by atoms with E-state index < -0.39 is 0 Å². The Balaban J connectivity index is 1.83. The van der Waals surface area contributed by atoms with Crippen molar-refractivity contribution in [3.8, 4) is 0 Å². The maximum atomic E-state index is 14.3. The van der Waals surface area contributed by atoms with Gasteiger partial charge in [0.05, 0.1) is 13.2 Å². The molecule has 3 saturated carbocycles. The quantitative estimate of drug-likeness (QED) is 0.315. The molecule has 3 aliphatic carbocycles. The molecule has 37 heavy (non-hydrogen) atoms. The Labute approximate surface area is 225 Å². The fraction of sp³-hybridized carbons (Fsp3) is 0.906. The minimum Gasteiger partial charge on any atom is -0.396 e. The summed E-state index contributed by atoms with van der Waals surface area (Å²) in [6.07, 6.45) is 13.2. The molecule has 3 aliphatic rings. The molecule has 212 valence electrons. The van der Waals surface area contributed by atoms with Crippen molar-refractivity contribution >= 4 is 17.3 Å². The molecule has 0 spiro atoms. The second kappa shape index (κ2) is 13.3. The molecule has 2 N–H and O–H groups in total. The average Bonchev–Trinajstić information content (AvgIpc) is 2.93. The zero-order valence-electron chi connectivity index (χ0n) is 24.1. The molecule has 0 aromatic rings. The maximum absolute atomic E-state index is 14.3. The monoisotopic (exact) mass is 518 g/mol. The van der Waals surface area contributed by atoms with Crippen LogP contribution < -0.4 is 0 Å². The molecule has 0 saturated heterocycles. The predicted octanol–water partition coefficient (Wildman–Crippen LogP) is 6.32. The number of carbonyl (C=O) groups excluding carboxylic acids is 3. The first-order valence-corrected chi connectivity index (χ1v) is 15.6. The molecule has 5 nitrogen and oxygen atoms in total. The lowest BCUT2D eigenvalue weighted by Crippen LogP contribution is -2.47. The van der Waals surface area contributed by atoms with Crippen LogP contribution in [0.25, 0.3) is 0 Å². The number of aliphatic hydroxyl groups is 2. The number of carbonyl (C=O) groups is 3. The zero-order valence-corrected chi connectivity index (χ0v) is 24.1. The van der Waals surface area contributed by atoms with Gasteiger partial charge in [0.1, 0.15) is 17.3 Å². The molecular weight excluding hydrogens is 464 g/mol. The second-order valence-electron chi connectivity index (χ2n) is 12.8. The highest BCUT2D eigenvalue weighted by Gasteiger charge is 2.50. The van der Waals surface area contributed by atoms with Crippen molar-refractivity contribution in [1.82, 2.24) is 0 Å². The molecule has 0 heterocycles. The van der Waals surface area contributed by atoms with E-state index in [1.807, 2.05) is 0 Å². The summed E-state index contributed by atoms with van der Waals surface area (Å²) in [7, 11) is 0. The highest BCUT2D eigenvalue weighted by molar-refractivity contribution is 5.87. The number of rotatable bonds is 12. The van der Waals surface area contributed by atoms with Crippen molar-refractivity contribution in [2.75, 3.05) is 13.2 Å². The molecule has 0 radical (unpaired) electrons.